The summed E-state index contributed by atoms with van der Waals surface area (Å²) < 4.78 is 6.34. The van der Waals surface area contributed by atoms with Gasteiger partial charge in [-0.05, 0) is 48.9 Å². The molecular formula is C21H38OSi. The second kappa shape index (κ2) is 9.63. The van der Waals surface area contributed by atoms with Gasteiger partial charge in [0.1, 0.15) is 0 Å². The van der Waals surface area contributed by atoms with E-state index in [4.69, 9.17) is 4.43 Å². The van der Waals surface area contributed by atoms with Gasteiger partial charge >= 0.3 is 0 Å². The Hall–Kier alpha value is -0.603. The molecule has 0 N–H and O–H groups in total. The van der Waals surface area contributed by atoms with Gasteiger partial charge in [0.2, 0.25) is 0 Å². The molecule has 0 spiro atoms. The molecule has 1 aromatic rings. The highest BCUT2D eigenvalue weighted by atomic mass is 28.4. The molecule has 0 bridgehead atoms. The Morgan fingerprint density at radius 2 is 1.61 bits per heavy atom. The lowest BCUT2D eigenvalue weighted by Crippen LogP contribution is -2.41. The molecule has 0 aromatic heterocycles. The maximum absolute atomic E-state index is 6.34. The van der Waals surface area contributed by atoms with E-state index < -0.39 is 8.32 Å². The Labute approximate surface area is 146 Å². The molecule has 0 saturated heterocycles. The van der Waals surface area contributed by atoms with E-state index in [0.29, 0.717) is 5.04 Å². The molecule has 1 nitrogen and oxygen atoms in total. The summed E-state index contributed by atoms with van der Waals surface area (Å²) in [6.07, 6.45) is 7.72. The van der Waals surface area contributed by atoms with Crippen LogP contribution in [0.25, 0.3) is 0 Å². The molecule has 0 saturated carbocycles. The van der Waals surface area contributed by atoms with E-state index >= 15 is 0 Å². The van der Waals surface area contributed by atoms with Crippen LogP contribution in [0.3, 0.4) is 0 Å². The summed E-state index contributed by atoms with van der Waals surface area (Å²) in [5.41, 5.74) is 1.49. The molecule has 0 unspecified atom stereocenters. The molecule has 0 aliphatic carbocycles. The van der Waals surface area contributed by atoms with Gasteiger partial charge in [-0.15, -0.1) is 0 Å². The summed E-state index contributed by atoms with van der Waals surface area (Å²) >= 11 is 0. The third kappa shape index (κ3) is 7.67. The van der Waals surface area contributed by atoms with Crippen LogP contribution >= 0.6 is 0 Å². The Balaban J connectivity index is 2.42. The van der Waals surface area contributed by atoms with E-state index in [9.17, 15) is 0 Å². The van der Waals surface area contributed by atoms with Crippen molar-refractivity contribution in [2.75, 3.05) is 6.61 Å². The molecule has 0 heterocycles. The second-order valence-corrected chi connectivity index (χ2v) is 13.3. The third-order valence-corrected chi connectivity index (χ3v) is 9.90. The summed E-state index contributed by atoms with van der Waals surface area (Å²) in [6.45, 7) is 14.9. The minimum absolute atomic E-state index is 0.318. The normalized spacial score (nSPS) is 14.0. The molecule has 0 aliphatic heterocycles. The zero-order valence-corrected chi connectivity index (χ0v) is 17.3. The van der Waals surface area contributed by atoms with Crippen molar-refractivity contribution in [3.05, 3.63) is 35.9 Å². The van der Waals surface area contributed by atoms with Gasteiger partial charge in [0.25, 0.3) is 0 Å². The summed E-state index contributed by atoms with van der Waals surface area (Å²) in [6, 6.07) is 11.0. The van der Waals surface area contributed by atoms with Gasteiger partial charge in [-0.2, -0.15) is 0 Å². The Bertz CT molecular complexity index is 419. The second-order valence-electron chi connectivity index (χ2n) is 8.45. The van der Waals surface area contributed by atoms with Gasteiger partial charge in [0, 0.05) is 6.61 Å². The maximum atomic E-state index is 6.34. The van der Waals surface area contributed by atoms with Crippen LogP contribution in [0.2, 0.25) is 18.1 Å². The number of hydrogen-bond acceptors (Lipinski definition) is 1. The SMILES string of the molecule is CCCC[C@@H](CCCO[Si](C)(C)C(C)(C)C)Cc1ccccc1. The van der Waals surface area contributed by atoms with E-state index in [1.54, 1.807) is 0 Å². The molecule has 132 valence electrons. The minimum atomic E-state index is -1.58. The highest BCUT2D eigenvalue weighted by molar-refractivity contribution is 6.74. The molecule has 0 aliphatic rings. The van der Waals surface area contributed by atoms with Crippen LogP contribution in [-0.4, -0.2) is 14.9 Å². The van der Waals surface area contributed by atoms with E-state index in [1.807, 2.05) is 0 Å². The van der Waals surface area contributed by atoms with Crippen molar-refractivity contribution in [2.24, 2.45) is 5.92 Å². The zero-order valence-electron chi connectivity index (χ0n) is 16.3. The summed E-state index contributed by atoms with van der Waals surface area (Å²) in [5.74, 6) is 0.806. The number of benzene rings is 1. The first-order valence-electron chi connectivity index (χ1n) is 9.44. The van der Waals surface area contributed by atoms with Crippen molar-refractivity contribution < 1.29 is 4.43 Å². The highest BCUT2D eigenvalue weighted by Crippen LogP contribution is 2.36. The average Bonchev–Trinajstić information content (AvgIpc) is 2.48. The van der Waals surface area contributed by atoms with Crippen molar-refractivity contribution in [3.8, 4) is 0 Å². The molecule has 2 heteroatoms. The van der Waals surface area contributed by atoms with Crippen LogP contribution in [0.4, 0.5) is 0 Å². The van der Waals surface area contributed by atoms with Crippen LogP contribution in [0.1, 0.15) is 65.4 Å². The van der Waals surface area contributed by atoms with Gasteiger partial charge in [-0.3, -0.25) is 0 Å². The number of hydrogen-bond donors (Lipinski definition) is 0. The fourth-order valence-electron chi connectivity index (χ4n) is 2.70. The third-order valence-electron chi connectivity index (χ3n) is 5.36. The standard InChI is InChI=1S/C21H38OSi/c1-7-8-13-19(18-20-14-10-9-11-15-20)16-12-17-22-23(5,6)21(2,3)4/h9-11,14-15,19H,7-8,12-13,16-18H2,1-6H3/t19-/m0/s1. The van der Waals surface area contributed by atoms with Crippen molar-refractivity contribution in [3.63, 3.8) is 0 Å². The van der Waals surface area contributed by atoms with Gasteiger partial charge in [-0.1, -0.05) is 77.3 Å². The van der Waals surface area contributed by atoms with Crippen LogP contribution in [-0.2, 0) is 10.8 Å². The lowest BCUT2D eigenvalue weighted by Gasteiger charge is -2.36. The fourth-order valence-corrected chi connectivity index (χ4v) is 3.79. The smallest absolute Gasteiger partial charge is 0.191 e. The molecule has 0 fully saturated rings. The number of rotatable bonds is 10. The van der Waals surface area contributed by atoms with Gasteiger partial charge in [0.05, 0.1) is 0 Å². The summed E-state index contributed by atoms with van der Waals surface area (Å²) in [5, 5.41) is 0.318. The van der Waals surface area contributed by atoms with Gasteiger partial charge < -0.3 is 4.43 Å². The van der Waals surface area contributed by atoms with Crippen LogP contribution in [0.15, 0.2) is 30.3 Å². The van der Waals surface area contributed by atoms with E-state index in [1.165, 1.54) is 44.1 Å². The largest absolute Gasteiger partial charge is 0.417 e. The molecule has 0 radical (unpaired) electrons. The molecule has 1 atom stereocenters. The van der Waals surface area contributed by atoms with Crippen LogP contribution < -0.4 is 0 Å². The Morgan fingerprint density at radius 3 is 2.17 bits per heavy atom. The van der Waals surface area contributed by atoms with E-state index in [-0.39, 0.29) is 0 Å². The van der Waals surface area contributed by atoms with E-state index in [2.05, 4.69) is 71.1 Å². The maximum Gasteiger partial charge on any atom is 0.191 e. The lowest BCUT2D eigenvalue weighted by atomic mass is 9.90. The fraction of sp³-hybridized carbons (Fsp3) is 0.714. The predicted octanol–water partition coefficient (Wildman–Crippen LogP) is 6.84. The molecule has 1 aromatic carbocycles. The minimum Gasteiger partial charge on any atom is -0.417 e. The first-order chi connectivity index (χ1) is 10.8. The Kier molecular flexibility index (Phi) is 8.56. The summed E-state index contributed by atoms with van der Waals surface area (Å²) in [4.78, 5) is 0. The van der Waals surface area contributed by atoms with Crippen molar-refractivity contribution in [1.82, 2.24) is 0 Å². The van der Waals surface area contributed by atoms with Crippen molar-refractivity contribution >= 4 is 8.32 Å². The monoisotopic (exact) mass is 334 g/mol. The zero-order chi connectivity index (χ0) is 17.3. The molecule has 0 amide bonds. The molecular weight excluding hydrogens is 296 g/mol. The highest BCUT2D eigenvalue weighted by Gasteiger charge is 2.36. The van der Waals surface area contributed by atoms with Crippen LogP contribution in [0, 0.1) is 5.92 Å². The lowest BCUT2D eigenvalue weighted by molar-refractivity contribution is 0.264. The van der Waals surface area contributed by atoms with Gasteiger partial charge in [0.15, 0.2) is 8.32 Å². The van der Waals surface area contributed by atoms with Gasteiger partial charge in [-0.25, -0.2) is 0 Å². The van der Waals surface area contributed by atoms with E-state index in [0.717, 1.165) is 12.5 Å². The van der Waals surface area contributed by atoms with Crippen molar-refractivity contribution in [2.45, 2.75) is 84.4 Å². The molecule has 23 heavy (non-hydrogen) atoms. The van der Waals surface area contributed by atoms with Crippen molar-refractivity contribution in [1.29, 1.82) is 0 Å². The molecule has 1 rings (SSSR count). The first kappa shape index (κ1) is 20.4. The van der Waals surface area contributed by atoms with Crippen LogP contribution in [0.5, 0.6) is 0 Å². The topological polar surface area (TPSA) is 9.23 Å². The average molecular weight is 335 g/mol. The predicted molar refractivity (Wildman–Crippen MR) is 106 cm³/mol. The quantitative estimate of drug-likeness (QED) is 0.336. The number of unbranched alkanes of at least 4 members (excludes halogenated alkanes) is 1. The summed E-state index contributed by atoms with van der Waals surface area (Å²) in [7, 11) is -1.58. The first-order valence-corrected chi connectivity index (χ1v) is 12.3. The Morgan fingerprint density at radius 1 is 1.00 bits per heavy atom.